The zero-order chi connectivity index (χ0) is 10.8. The molecule has 2 rings (SSSR count). The third-order valence-electron chi connectivity index (χ3n) is 2.22. The van der Waals surface area contributed by atoms with Gasteiger partial charge in [0.05, 0.1) is 10.7 Å². The Morgan fingerprint density at radius 3 is 2.07 bits per heavy atom. The number of benzene rings is 2. The number of rotatable bonds is 1. The van der Waals surface area contributed by atoms with Crippen LogP contribution in [-0.2, 0) is 0 Å². The third-order valence-corrected chi connectivity index (χ3v) is 2.88. The van der Waals surface area contributed by atoms with Gasteiger partial charge in [-0.15, -0.1) is 0 Å². The number of nitrogens with two attached hydrogens (primary N) is 1. The molecule has 76 valence electrons. The molecule has 0 aliphatic carbocycles. The Kier molecular flexibility index (Phi) is 2.85. The summed E-state index contributed by atoms with van der Waals surface area (Å²) < 4.78 is 0. The minimum absolute atomic E-state index is 0.549. The van der Waals surface area contributed by atoms with E-state index >= 15 is 0 Å². The molecule has 2 aromatic rings. The summed E-state index contributed by atoms with van der Waals surface area (Å²) in [6.45, 7) is 0. The number of hydrogen-bond donors (Lipinski definition) is 1. The third kappa shape index (κ3) is 1.94. The molecule has 15 heavy (non-hydrogen) atoms. The SMILES string of the molecule is Nc1c(Cl)cccc1-c1ccccc1Cl. The highest BCUT2D eigenvalue weighted by Crippen LogP contribution is 2.35. The molecule has 1 nitrogen and oxygen atoms in total. The van der Waals surface area contributed by atoms with Gasteiger partial charge in [-0.05, 0) is 12.1 Å². The minimum atomic E-state index is 0.549. The van der Waals surface area contributed by atoms with E-state index in [0.717, 1.165) is 11.1 Å². The van der Waals surface area contributed by atoms with Crippen molar-refractivity contribution in [2.75, 3.05) is 5.73 Å². The molecule has 0 aliphatic heterocycles. The van der Waals surface area contributed by atoms with Crippen LogP contribution in [-0.4, -0.2) is 0 Å². The summed E-state index contributed by atoms with van der Waals surface area (Å²) in [7, 11) is 0. The number of nitrogen functional groups attached to an aromatic ring is 1. The zero-order valence-corrected chi connectivity index (χ0v) is 9.39. The summed E-state index contributed by atoms with van der Waals surface area (Å²) in [5, 5.41) is 1.22. The first-order valence-corrected chi connectivity index (χ1v) is 5.24. The normalized spacial score (nSPS) is 10.3. The fourth-order valence-electron chi connectivity index (χ4n) is 1.45. The molecule has 0 fully saturated rings. The highest BCUT2D eigenvalue weighted by Gasteiger charge is 2.07. The van der Waals surface area contributed by atoms with Crippen LogP contribution in [0.1, 0.15) is 0 Å². The van der Waals surface area contributed by atoms with Crippen LogP contribution in [0.25, 0.3) is 11.1 Å². The van der Waals surface area contributed by atoms with Crippen molar-refractivity contribution in [2.24, 2.45) is 0 Å². The van der Waals surface area contributed by atoms with E-state index in [-0.39, 0.29) is 0 Å². The van der Waals surface area contributed by atoms with Crippen LogP contribution in [0.3, 0.4) is 0 Å². The van der Waals surface area contributed by atoms with Crippen LogP contribution in [0.15, 0.2) is 42.5 Å². The average molecular weight is 238 g/mol. The van der Waals surface area contributed by atoms with Crippen LogP contribution >= 0.6 is 23.2 Å². The fraction of sp³-hybridized carbons (Fsp3) is 0. The van der Waals surface area contributed by atoms with Gasteiger partial charge in [0.2, 0.25) is 0 Å². The van der Waals surface area contributed by atoms with E-state index in [4.69, 9.17) is 28.9 Å². The molecule has 0 aliphatic rings. The summed E-state index contributed by atoms with van der Waals surface area (Å²) in [4.78, 5) is 0. The predicted molar refractivity (Wildman–Crippen MR) is 66.3 cm³/mol. The molecular weight excluding hydrogens is 229 g/mol. The lowest BCUT2D eigenvalue weighted by atomic mass is 10.0. The molecule has 2 N–H and O–H groups in total. The van der Waals surface area contributed by atoms with Crippen molar-refractivity contribution < 1.29 is 0 Å². The van der Waals surface area contributed by atoms with Crippen molar-refractivity contribution >= 4 is 28.9 Å². The maximum absolute atomic E-state index is 6.08. The van der Waals surface area contributed by atoms with E-state index < -0.39 is 0 Å². The molecule has 0 aromatic heterocycles. The monoisotopic (exact) mass is 237 g/mol. The molecular formula is C12H9Cl2N. The maximum Gasteiger partial charge on any atom is 0.0641 e. The largest absolute Gasteiger partial charge is 0.397 e. The smallest absolute Gasteiger partial charge is 0.0641 e. The molecule has 2 aromatic carbocycles. The van der Waals surface area contributed by atoms with Crippen LogP contribution < -0.4 is 5.73 Å². The Morgan fingerprint density at radius 2 is 1.33 bits per heavy atom. The van der Waals surface area contributed by atoms with E-state index in [0.29, 0.717) is 15.7 Å². The summed E-state index contributed by atoms with van der Waals surface area (Å²) >= 11 is 12.0. The number of anilines is 1. The molecule has 3 heteroatoms. The van der Waals surface area contributed by atoms with Crippen molar-refractivity contribution in [1.82, 2.24) is 0 Å². The lowest BCUT2D eigenvalue weighted by Crippen LogP contribution is -1.91. The van der Waals surface area contributed by atoms with Gasteiger partial charge in [-0.2, -0.15) is 0 Å². The lowest BCUT2D eigenvalue weighted by Gasteiger charge is -2.08. The summed E-state index contributed by atoms with van der Waals surface area (Å²) in [5.41, 5.74) is 8.23. The molecule has 0 heterocycles. The van der Waals surface area contributed by atoms with E-state index in [1.807, 2.05) is 36.4 Å². The first-order valence-electron chi connectivity index (χ1n) is 4.49. The molecule has 0 radical (unpaired) electrons. The Labute approximate surface area is 98.4 Å². The quantitative estimate of drug-likeness (QED) is 0.738. The molecule has 0 amide bonds. The van der Waals surface area contributed by atoms with Gasteiger partial charge in [0.1, 0.15) is 0 Å². The van der Waals surface area contributed by atoms with Gasteiger partial charge in [-0.25, -0.2) is 0 Å². The Morgan fingerprint density at radius 1 is 0.733 bits per heavy atom. The van der Waals surface area contributed by atoms with Crippen molar-refractivity contribution in [3.63, 3.8) is 0 Å². The van der Waals surface area contributed by atoms with E-state index in [1.165, 1.54) is 0 Å². The van der Waals surface area contributed by atoms with Crippen molar-refractivity contribution in [3.05, 3.63) is 52.5 Å². The van der Waals surface area contributed by atoms with E-state index in [9.17, 15) is 0 Å². The summed E-state index contributed by atoms with van der Waals surface area (Å²) in [6.07, 6.45) is 0. The Balaban J connectivity index is 2.65. The predicted octanol–water partition coefficient (Wildman–Crippen LogP) is 4.24. The van der Waals surface area contributed by atoms with Gasteiger partial charge >= 0.3 is 0 Å². The molecule has 0 saturated heterocycles. The summed E-state index contributed by atoms with van der Waals surface area (Å²) in [5.74, 6) is 0. The molecule has 0 unspecified atom stereocenters. The highest BCUT2D eigenvalue weighted by molar-refractivity contribution is 6.35. The first-order chi connectivity index (χ1) is 7.20. The Bertz CT molecular complexity index is 495. The topological polar surface area (TPSA) is 26.0 Å². The second kappa shape index (κ2) is 4.13. The number of para-hydroxylation sites is 1. The number of hydrogen-bond acceptors (Lipinski definition) is 1. The minimum Gasteiger partial charge on any atom is -0.397 e. The highest BCUT2D eigenvalue weighted by atomic mass is 35.5. The standard InChI is InChI=1S/C12H9Cl2N/c13-10-6-2-1-4-8(10)9-5-3-7-11(14)12(9)15/h1-7H,15H2. The first kappa shape index (κ1) is 10.3. The van der Waals surface area contributed by atoms with Gasteiger partial charge in [-0.3, -0.25) is 0 Å². The van der Waals surface area contributed by atoms with Crippen molar-refractivity contribution in [1.29, 1.82) is 0 Å². The molecule has 0 spiro atoms. The molecule has 0 saturated carbocycles. The molecule has 0 atom stereocenters. The second-order valence-electron chi connectivity index (χ2n) is 3.18. The molecule has 0 bridgehead atoms. The zero-order valence-electron chi connectivity index (χ0n) is 7.87. The summed E-state index contributed by atoms with van der Waals surface area (Å²) in [6, 6.07) is 13.1. The van der Waals surface area contributed by atoms with Crippen LogP contribution in [0.2, 0.25) is 10.0 Å². The second-order valence-corrected chi connectivity index (χ2v) is 4.00. The van der Waals surface area contributed by atoms with Crippen molar-refractivity contribution in [3.8, 4) is 11.1 Å². The Hall–Kier alpha value is -1.18. The van der Waals surface area contributed by atoms with Gasteiger partial charge in [-0.1, -0.05) is 53.5 Å². The van der Waals surface area contributed by atoms with Gasteiger partial charge in [0, 0.05) is 16.1 Å². The maximum atomic E-state index is 6.08. The van der Waals surface area contributed by atoms with E-state index in [1.54, 1.807) is 6.07 Å². The number of halogens is 2. The van der Waals surface area contributed by atoms with Crippen LogP contribution in [0.5, 0.6) is 0 Å². The van der Waals surface area contributed by atoms with Gasteiger partial charge in [0.15, 0.2) is 0 Å². The van der Waals surface area contributed by atoms with Crippen LogP contribution in [0, 0.1) is 0 Å². The average Bonchev–Trinajstić information content (AvgIpc) is 2.23. The van der Waals surface area contributed by atoms with Gasteiger partial charge in [0.25, 0.3) is 0 Å². The van der Waals surface area contributed by atoms with Crippen LogP contribution in [0.4, 0.5) is 5.69 Å². The lowest BCUT2D eigenvalue weighted by molar-refractivity contribution is 1.61. The fourth-order valence-corrected chi connectivity index (χ4v) is 1.86. The van der Waals surface area contributed by atoms with E-state index in [2.05, 4.69) is 0 Å². The van der Waals surface area contributed by atoms with Gasteiger partial charge < -0.3 is 5.73 Å². The van der Waals surface area contributed by atoms with Crippen molar-refractivity contribution in [2.45, 2.75) is 0 Å².